The van der Waals surface area contributed by atoms with Crippen LogP contribution in [0.25, 0.3) is 0 Å². The second-order valence-electron chi connectivity index (χ2n) is 7.36. The number of benzene rings is 2. The highest BCUT2D eigenvalue weighted by Gasteiger charge is 2.46. The van der Waals surface area contributed by atoms with Crippen LogP contribution in [0.1, 0.15) is 46.7 Å². The summed E-state index contributed by atoms with van der Waals surface area (Å²) in [6.07, 6.45) is 3.54. The summed E-state index contributed by atoms with van der Waals surface area (Å²) in [4.78, 5) is 26.5. The Morgan fingerprint density at radius 2 is 1.73 bits per heavy atom. The molecule has 2 aromatic carbocycles. The molecule has 0 bridgehead atoms. The van der Waals surface area contributed by atoms with Crippen molar-refractivity contribution in [3.63, 3.8) is 0 Å². The fourth-order valence-electron chi connectivity index (χ4n) is 4.80. The Hall–Kier alpha value is -2.62. The average Bonchev–Trinajstić information content (AvgIpc) is 3.25. The molecule has 1 N–H and O–H groups in total. The quantitative estimate of drug-likeness (QED) is 0.915. The van der Waals surface area contributed by atoms with Gasteiger partial charge in [0.25, 0.3) is 0 Å². The molecule has 1 amide bonds. The third-order valence-corrected chi connectivity index (χ3v) is 5.98. The lowest BCUT2D eigenvalue weighted by atomic mass is 9.87. The molecule has 4 heteroatoms. The molecule has 1 saturated carbocycles. The number of carbonyl (C=O) groups excluding carboxylic acids is 1. The number of hydrogen-bond donors (Lipinski definition) is 1. The Morgan fingerprint density at radius 1 is 1.00 bits per heavy atom. The van der Waals surface area contributed by atoms with Crippen LogP contribution in [0.15, 0.2) is 54.6 Å². The van der Waals surface area contributed by atoms with Gasteiger partial charge >= 0.3 is 5.97 Å². The Balaban J connectivity index is 1.56. The largest absolute Gasteiger partial charge is 0.478 e. The second kappa shape index (κ2) is 6.94. The molecule has 0 spiro atoms. The number of carboxylic acids is 1. The fourth-order valence-corrected chi connectivity index (χ4v) is 4.80. The zero-order chi connectivity index (χ0) is 18.1. The zero-order valence-electron chi connectivity index (χ0n) is 14.7. The number of hydrogen-bond acceptors (Lipinski definition) is 2. The molecule has 2 fully saturated rings. The predicted molar refractivity (Wildman–Crippen MR) is 99.1 cm³/mol. The Labute approximate surface area is 153 Å². The highest BCUT2D eigenvalue weighted by Crippen LogP contribution is 2.46. The van der Waals surface area contributed by atoms with Crippen molar-refractivity contribution < 1.29 is 14.7 Å². The first-order valence-corrected chi connectivity index (χ1v) is 9.31. The summed E-state index contributed by atoms with van der Waals surface area (Å²) in [5.41, 5.74) is 2.14. The maximum absolute atomic E-state index is 13.0. The van der Waals surface area contributed by atoms with Gasteiger partial charge in [-0.3, -0.25) is 4.79 Å². The standard InChI is InChI=1S/C22H23NO3/c24-21(13-16-9-4-5-10-17(16)22(25)26)23-14-19(15-7-2-1-3-8-15)18-11-6-12-20(18)23/h1-5,7-10,18-20H,6,11-14H2,(H,25,26). The molecule has 4 nitrogen and oxygen atoms in total. The summed E-state index contributed by atoms with van der Waals surface area (Å²) in [6, 6.07) is 17.6. The molecule has 1 aliphatic heterocycles. The molecule has 4 rings (SSSR count). The van der Waals surface area contributed by atoms with E-state index in [2.05, 4.69) is 24.3 Å². The van der Waals surface area contributed by atoms with Gasteiger partial charge in [0.2, 0.25) is 5.91 Å². The van der Waals surface area contributed by atoms with Crippen LogP contribution in [-0.2, 0) is 11.2 Å². The third-order valence-electron chi connectivity index (χ3n) is 5.98. The van der Waals surface area contributed by atoms with Crippen molar-refractivity contribution in [3.05, 3.63) is 71.3 Å². The van der Waals surface area contributed by atoms with E-state index >= 15 is 0 Å². The molecule has 1 heterocycles. The van der Waals surface area contributed by atoms with Crippen LogP contribution in [0.3, 0.4) is 0 Å². The van der Waals surface area contributed by atoms with E-state index in [-0.39, 0.29) is 17.9 Å². The first-order valence-electron chi connectivity index (χ1n) is 9.31. The number of carboxylic acid groups (broad SMARTS) is 1. The van der Waals surface area contributed by atoms with E-state index < -0.39 is 5.97 Å². The molecule has 0 radical (unpaired) electrons. The van der Waals surface area contributed by atoms with Crippen LogP contribution >= 0.6 is 0 Å². The van der Waals surface area contributed by atoms with Gasteiger partial charge in [-0.15, -0.1) is 0 Å². The minimum absolute atomic E-state index is 0.0500. The van der Waals surface area contributed by atoms with E-state index in [9.17, 15) is 14.7 Å². The number of carbonyl (C=O) groups is 2. The predicted octanol–water partition coefficient (Wildman–Crippen LogP) is 3.72. The number of fused-ring (bicyclic) bond motifs is 1. The van der Waals surface area contributed by atoms with E-state index in [1.807, 2.05) is 11.0 Å². The molecular weight excluding hydrogens is 326 g/mol. The van der Waals surface area contributed by atoms with Gasteiger partial charge in [0, 0.05) is 18.5 Å². The minimum Gasteiger partial charge on any atom is -0.478 e. The summed E-state index contributed by atoms with van der Waals surface area (Å²) >= 11 is 0. The molecule has 2 aliphatic rings. The van der Waals surface area contributed by atoms with Crippen molar-refractivity contribution in [1.29, 1.82) is 0 Å². The zero-order valence-corrected chi connectivity index (χ0v) is 14.7. The SMILES string of the molecule is O=C(O)c1ccccc1CC(=O)N1CC(c2ccccc2)C2CCCC21. The van der Waals surface area contributed by atoms with Crippen LogP contribution in [0.4, 0.5) is 0 Å². The maximum Gasteiger partial charge on any atom is 0.335 e. The molecule has 26 heavy (non-hydrogen) atoms. The lowest BCUT2D eigenvalue weighted by Crippen LogP contribution is -2.37. The number of amides is 1. The first-order chi connectivity index (χ1) is 12.6. The highest BCUT2D eigenvalue weighted by atomic mass is 16.4. The summed E-state index contributed by atoms with van der Waals surface area (Å²) in [6.45, 7) is 0.743. The number of rotatable bonds is 4. The van der Waals surface area contributed by atoms with Gasteiger partial charge < -0.3 is 10.0 Å². The minimum atomic E-state index is -0.976. The van der Waals surface area contributed by atoms with E-state index in [1.54, 1.807) is 24.3 Å². The molecule has 3 atom stereocenters. The van der Waals surface area contributed by atoms with E-state index in [0.717, 1.165) is 19.4 Å². The van der Waals surface area contributed by atoms with Crippen molar-refractivity contribution in [2.45, 2.75) is 37.6 Å². The Bertz CT molecular complexity index is 817. The maximum atomic E-state index is 13.0. The number of likely N-dealkylation sites (tertiary alicyclic amines) is 1. The van der Waals surface area contributed by atoms with Crippen LogP contribution in [-0.4, -0.2) is 34.5 Å². The molecule has 2 aromatic rings. The molecule has 3 unspecified atom stereocenters. The van der Waals surface area contributed by atoms with E-state index in [1.165, 1.54) is 12.0 Å². The number of aromatic carboxylic acids is 1. The summed E-state index contributed by atoms with van der Waals surface area (Å²) < 4.78 is 0. The van der Waals surface area contributed by atoms with Gasteiger partial charge in [0.1, 0.15) is 0 Å². The molecule has 0 aromatic heterocycles. The molecule has 1 saturated heterocycles. The van der Waals surface area contributed by atoms with E-state index in [0.29, 0.717) is 23.4 Å². The van der Waals surface area contributed by atoms with Gasteiger partial charge in [-0.1, -0.05) is 55.0 Å². The van der Waals surface area contributed by atoms with Crippen molar-refractivity contribution in [2.75, 3.05) is 6.54 Å². The summed E-state index contributed by atoms with van der Waals surface area (Å²) in [7, 11) is 0. The van der Waals surface area contributed by atoms with Gasteiger partial charge in [0.15, 0.2) is 0 Å². The first kappa shape index (κ1) is 16.8. The smallest absolute Gasteiger partial charge is 0.335 e. The lowest BCUT2D eigenvalue weighted by Gasteiger charge is -2.24. The molecule has 134 valence electrons. The molecular formula is C22H23NO3. The second-order valence-corrected chi connectivity index (χ2v) is 7.36. The lowest BCUT2D eigenvalue weighted by molar-refractivity contribution is -0.131. The topological polar surface area (TPSA) is 57.6 Å². The van der Waals surface area contributed by atoms with Gasteiger partial charge in [-0.05, 0) is 36.0 Å². The third kappa shape index (κ3) is 3.00. The van der Waals surface area contributed by atoms with Gasteiger partial charge in [-0.25, -0.2) is 4.79 Å². The van der Waals surface area contributed by atoms with Crippen LogP contribution in [0.2, 0.25) is 0 Å². The van der Waals surface area contributed by atoms with Crippen molar-refractivity contribution in [2.24, 2.45) is 5.92 Å². The van der Waals surface area contributed by atoms with Crippen LogP contribution < -0.4 is 0 Å². The summed E-state index contributed by atoms with van der Waals surface area (Å²) in [5, 5.41) is 9.36. The van der Waals surface area contributed by atoms with Crippen molar-refractivity contribution in [3.8, 4) is 0 Å². The monoisotopic (exact) mass is 349 g/mol. The van der Waals surface area contributed by atoms with Crippen molar-refractivity contribution >= 4 is 11.9 Å². The van der Waals surface area contributed by atoms with Crippen molar-refractivity contribution in [1.82, 2.24) is 4.90 Å². The van der Waals surface area contributed by atoms with E-state index in [4.69, 9.17) is 0 Å². The Morgan fingerprint density at radius 3 is 2.50 bits per heavy atom. The van der Waals surface area contributed by atoms with Gasteiger partial charge in [-0.2, -0.15) is 0 Å². The average molecular weight is 349 g/mol. The Kier molecular flexibility index (Phi) is 4.49. The summed E-state index contributed by atoms with van der Waals surface area (Å²) in [5.74, 6) is -0.0109. The van der Waals surface area contributed by atoms with Crippen LogP contribution in [0, 0.1) is 5.92 Å². The highest BCUT2D eigenvalue weighted by molar-refractivity contribution is 5.91. The normalized spacial score (nSPS) is 24.5. The fraction of sp³-hybridized carbons (Fsp3) is 0.364. The molecule has 1 aliphatic carbocycles. The van der Waals surface area contributed by atoms with Gasteiger partial charge in [0.05, 0.1) is 12.0 Å². The number of nitrogens with zero attached hydrogens (tertiary/aromatic N) is 1. The van der Waals surface area contributed by atoms with Crippen LogP contribution in [0.5, 0.6) is 0 Å².